The largest absolute Gasteiger partial charge is 0.459 e. The van der Waals surface area contributed by atoms with Gasteiger partial charge in [-0.1, -0.05) is 13.2 Å². The maximum absolute atomic E-state index is 11.3. The molecule has 0 aliphatic carbocycles. The smallest absolute Gasteiger partial charge is 0.333 e. The molecule has 88 valence electrons. The summed E-state index contributed by atoms with van der Waals surface area (Å²) in [5.41, 5.74) is 0.373. The predicted molar refractivity (Wildman–Crippen MR) is 55.6 cm³/mol. The van der Waals surface area contributed by atoms with Crippen molar-refractivity contribution in [3.8, 4) is 0 Å². The Kier molecular flexibility index (Phi) is 4.72. The molecule has 1 rings (SSSR count). The van der Waals surface area contributed by atoms with Crippen molar-refractivity contribution < 1.29 is 23.8 Å². The first kappa shape index (κ1) is 12.4. The number of rotatable bonds is 7. The van der Waals surface area contributed by atoms with E-state index in [4.69, 9.17) is 9.47 Å². The highest BCUT2D eigenvalue weighted by Gasteiger charge is 2.25. The van der Waals surface area contributed by atoms with Gasteiger partial charge in [0.25, 0.3) is 0 Å². The van der Waals surface area contributed by atoms with Crippen LogP contribution in [0.3, 0.4) is 0 Å². The SMILES string of the molecule is C=CC(=O)OCCOC(=O)C(=C)CC1CO1. The van der Waals surface area contributed by atoms with Crippen LogP contribution in [-0.4, -0.2) is 37.9 Å². The van der Waals surface area contributed by atoms with Gasteiger partial charge in [-0.05, 0) is 0 Å². The first-order valence-corrected chi connectivity index (χ1v) is 4.89. The second-order valence-corrected chi connectivity index (χ2v) is 3.27. The van der Waals surface area contributed by atoms with Crippen molar-refractivity contribution in [3.63, 3.8) is 0 Å². The number of hydrogen-bond acceptors (Lipinski definition) is 5. The summed E-state index contributed by atoms with van der Waals surface area (Å²) in [5, 5.41) is 0. The van der Waals surface area contributed by atoms with Gasteiger partial charge in [-0.25, -0.2) is 9.59 Å². The van der Waals surface area contributed by atoms with Crippen LogP contribution in [0.4, 0.5) is 0 Å². The molecule has 0 radical (unpaired) electrons. The van der Waals surface area contributed by atoms with Gasteiger partial charge in [0.05, 0.1) is 12.7 Å². The minimum atomic E-state index is -0.541. The molecule has 5 nitrogen and oxygen atoms in total. The first-order valence-electron chi connectivity index (χ1n) is 4.89. The maximum atomic E-state index is 11.3. The van der Waals surface area contributed by atoms with E-state index in [0.29, 0.717) is 18.6 Å². The second kappa shape index (κ2) is 6.07. The highest BCUT2D eigenvalue weighted by atomic mass is 16.6. The summed E-state index contributed by atoms with van der Waals surface area (Å²) < 4.78 is 14.4. The van der Waals surface area contributed by atoms with Gasteiger partial charge in [-0.2, -0.15) is 0 Å². The van der Waals surface area contributed by atoms with Crippen molar-refractivity contribution >= 4 is 11.9 Å². The van der Waals surface area contributed by atoms with Crippen LogP contribution >= 0.6 is 0 Å². The summed E-state index contributed by atoms with van der Waals surface area (Å²) >= 11 is 0. The number of esters is 2. The molecule has 1 fully saturated rings. The summed E-state index contributed by atoms with van der Waals surface area (Å²) in [6, 6.07) is 0. The van der Waals surface area contributed by atoms with Crippen molar-refractivity contribution in [1.29, 1.82) is 0 Å². The van der Waals surface area contributed by atoms with Gasteiger partial charge in [-0.3, -0.25) is 0 Å². The Bertz CT molecular complexity index is 303. The first-order chi connectivity index (χ1) is 7.63. The Balaban J connectivity index is 2.06. The van der Waals surface area contributed by atoms with Crippen molar-refractivity contribution in [1.82, 2.24) is 0 Å². The van der Waals surface area contributed by atoms with E-state index in [1.54, 1.807) is 0 Å². The third-order valence-corrected chi connectivity index (χ3v) is 1.89. The fraction of sp³-hybridized carbons (Fsp3) is 0.455. The average Bonchev–Trinajstić information content (AvgIpc) is 3.07. The molecule has 0 spiro atoms. The quantitative estimate of drug-likeness (QED) is 0.275. The Morgan fingerprint density at radius 1 is 1.38 bits per heavy atom. The Hall–Kier alpha value is -1.62. The van der Waals surface area contributed by atoms with Gasteiger partial charge in [0, 0.05) is 18.1 Å². The normalized spacial score (nSPS) is 17.4. The molecule has 1 atom stereocenters. The lowest BCUT2D eigenvalue weighted by Crippen LogP contribution is -2.14. The molecule has 0 aromatic carbocycles. The van der Waals surface area contributed by atoms with E-state index in [0.717, 1.165) is 6.08 Å². The van der Waals surface area contributed by atoms with E-state index in [1.165, 1.54) is 0 Å². The lowest BCUT2D eigenvalue weighted by molar-refractivity contribution is -0.146. The highest BCUT2D eigenvalue weighted by Crippen LogP contribution is 2.18. The Morgan fingerprint density at radius 3 is 2.56 bits per heavy atom. The molecule has 0 aromatic rings. The summed E-state index contributed by atoms with van der Waals surface area (Å²) in [7, 11) is 0. The molecule has 0 aromatic heterocycles. The van der Waals surface area contributed by atoms with E-state index in [2.05, 4.69) is 17.9 Å². The van der Waals surface area contributed by atoms with Crippen LogP contribution in [0.1, 0.15) is 6.42 Å². The molecule has 1 heterocycles. The third kappa shape index (κ3) is 4.75. The van der Waals surface area contributed by atoms with Gasteiger partial charge < -0.3 is 14.2 Å². The average molecular weight is 226 g/mol. The van der Waals surface area contributed by atoms with Gasteiger partial charge in [0.15, 0.2) is 0 Å². The molecule has 0 N–H and O–H groups in total. The number of carbonyl (C=O) groups is 2. The standard InChI is InChI=1S/C11H14O5/c1-3-10(12)14-4-5-15-11(13)8(2)6-9-7-16-9/h3,9H,1-2,4-7H2. The Morgan fingerprint density at radius 2 is 2.00 bits per heavy atom. The molecule has 1 saturated heterocycles. The van der Waals surface area contributed by atoms with Crippen LogP contribution in [0.5, 0.6) is 0 Å². The van der Waals surface area contributed by atoms with E-state index >= 15 is 0 Å². The van der Waals surface area contributed by atoms with Gasteiger partial charge in [-0.15, -0.1) is 0 Å². The topological polar surface area (TPSA) is 65.1 Å². The lowest BCUT2D eigenvalue weighted by atomic mass is 10.2. The second-order valence-electron chi connectivity index (χ2n) is 3.27. The summed E-state index contributed by atoms with van der Waals surface area (Å²) in [6.07, 6.45) is 1.65. The van der Waals surface area contributed by atoms with E-state index in [-0.39, 0.29) is 19.3 Å². The zero-order valence-corrected chi connectivity index (χ0v) is 8.94. The van der Waals surface area contributed by atoms with E-state index in [1.807, 2.05) is 0 Å². The van der Waals surface area contributed by atoms with Crippen molar-refractivity contribution in [2.45, 2.75) is 12.5 Å². The van der Waals surface area contributed by atoms with Gasteiger partial charge in [0.2, 0.25) is 0 Å². The number of carbonyl (C=O) groups excluding carboxylic acids is 2. The molecule has 0 saturated carbocycles. The number of ether oxygens (including phenoxy) is 3. The predicted octanol–water partition coefficient (Wildman–Crippen LogP) is 0.604. The fourth-order valence-corrected chi connectivity index (χ4v) is 0.982. The van der Waals surface area contributed by atoms with Crippen LogP contribution in [0.2, 0.25) is 0 Å². The lowest BCUT2D eigenvalue weighted by Gasteiger charge is -2.05. The van der Waals surface area contributed by atoms with Crippen LogP contribution in [-0.2, 0) is 23.8 Å². The van der Waals surface area contributed by atoms with Gasteiger partial charge in [0.1, 0.15) is 13.2 Å². The fourth-order valence-electron chi connectivity index (χ4n) is 0.982. The highest BCUT2D eigenvalue weighted by molar-refractivity contribution is 5.87. The van der Waals surface area contributed by atoms with Crippen LogP contribution < -0.4 is 0 Å². The molecular formula is C11H14O5. The monoisotopic (exact) mass is 226 g/mol. The van der Waals surface area contributed by atoms with E-state index in [9.17, 15) is 9.59 Å². The Labute approximate surface area is 93.7 Å². The summed E-state index contributed by atoms with van der Waals surface area (Å²) in [6.45, 7) is 7.52. The maximum Gasteiger partial charge on any atom is 0.333 e. The van der Waals surface area contributed by atoms with E-state index < -0.39 is 11.9 Å². The summed E-state index contributed by atoms with van der Waals surface area (Å²) in [5.74, 6) is -1.02. The van der Waals surface area contributed by atoms with Crippen LogP contribution in [0, 0.1) is 0 Å². The molecular weight excluding hydrogens is 212 g/mol. The van der Waals surface area contributed by atoms with Crippen molar-refractivity contribution in [2.24, 2.45) is 0 Å². The minimum absolute atomic E-state index is 0.0168. The molecule has 5 heteroatoms. The molecule has 0 bridgehead atoms. The molecule has 1 unspecified atom stereocenters. The number of hydrogen-bond donors (Lipinski definition) is 0. The van der Waals surface area contributed by atoms with Crippen molar-refractivity contribution in [3.05, 3.63) is 24.8 Å². The molecule has 0 amide bonds. The third-order valence-electron chi connectivity index (χ3n) is 1.89. The molecule has 16 heavy (non-hydrogen) atoms. The zero-order valence-electron chi connectivity index (χ0n) is 8.94. The van der Waals surface area contributed by atoms with Crippen LogP contribution in [0.25, 0.3) is 0 Å². The summed E-state index contributed by atoms with van der Waals surface area (Å²) in [4.78, 5) is 21.9. The zero-order chi connectivity index (χ0) is 12.0. The number of epoxide rings is 1. The van der Waals surface area contributed by atoms with Crippen molar-refractivity contribution in [2.75, 3.05) is 19.8 Å². The molecule has 1 aliphatic heterocycles. The van der Waals surface area contributed by atoms with Gasteiger partial charge >= 0.3 is 11.9 Å². The van der Waals surface area contributed by atoms with Crippen LogP contribution in [0.15, 0.2) is 24.8 Å². The molecule has 1 aliphatic rings. The minimum Gasteiger partial charge on any atom is -0.459 e.